The fourth-order valence-corrected chi connectivity index (χ4v) is 4.21. The Morgan fingerprint density at radius 1 is 1.17 bits per heavy atom. The molecular formula is C22H36N4O3. The molecule has 1 amide bonds. The second-order valence-corrected chi connectivity index (χ2v) is 8.21. The molecule has 7 heteroatoms. The van der Waals surface area contributed by atoms with Crippen molar-refractivity contribution in [3.05, 3.63) is 23.8 Å². The van der Waals surface area contributed by atoms with Gasteiger partial charge in [0.2, 0.25) is 12.7 Å². The monoisotopic (exact) mass is 404 g/mol. The number of likely N-dealkylation sites (N-methyl/N-ethyl adjacent to an activating group) is 2. The molecule has 7 nitrogen and oxygen atoms in total. The number of fused-ring (bicyclic) bond motifs is 1. The van der Waals surface area contributed by atoms with Crippen LogP contribution in [-0.4, -0.2) is 85.9 Å². The molecule has 2 aliphatic heterocycles. The Balaban J connectivity index is 1.46. The molecule has 0 saturated carbocycles. The maximum Gasteiger partial charge on any atom is 0.231 e. The average Bonchev–Trinajstić information content (AvgIpc) is 3.16. The van der Waals surface area contributed by atoms with E-state index in [1.165, 1.54) is 5.56 Å². The van der Waals surface area contributed by atoms with E-state index in [0.29, 0.717) is 19.3 Å². The van der Waals surface area contributed by atoms with Gasteiger partial charge in [-0.3, -0.25) is 9.69 Å². The number of benzene rings is 1. The number of amides is 1. The van der Waals surface area contributed by atoms with Crippen molar-refractivity contribution in [3.63, 3.8) is 0 Å². The number of ether oxygens (including phenoxy) is 2. The van der Waals surface area contributed by atoms with Crippen molar-refractivity contribution in [2.24, 2.45) is 0 Å². The zero-order chi connectivity index (χ0) is 20.8. The summed E-state index contributed by atoms with van der Waals surface area (Å²) in [6.07, 6.45) is 1.46. The molecule has 2 heterocycles. The van der Waals surface area contributed by atoms with Crippen LogP contribution in [0.25, 0.3) is 0 Å². The number of hydrogen-bond acceptors (Lipinski definition) is 6. The van der Waals surface area contributed by atoms with E-state index in [1.807, 2.05) is 6.07 Å². The highest BCUT2D eigenvalue weighted by atomic mass is 16.7. The molecule has 2 unspecified atom stereocenters. The Morgan fingerprint density at radius 3 is 2.62 bits per heavy atom. The van der Waals surface area contributed by atoms with Gasteiger partial charge in [-0.15, -0.1) is 0 Å². The van der Waals surface area contributed by atoms with Crippen LogP contribution < -0.4 is 14.8 Å². The SMILES string of the molecule is CCN(C(C)Cc1ccc2c(c1)OCO2)C(C)NC(=O)CCN1CCN(C)CC1. The summed E-state index contributed by atoms with van der Waals surface area (Å²) in [5.41, 5.74) is 1.22. The number of rotatable bonds is 9. The van der Waals surface area contributed by atoms with E-state index >= 15 is 0 Å². The van der Waals surface area contributed by atoms with Crippen LogP contribution in [0.1, 0.15) is 32.8 Å². The molecule has 0 aromatic heterocycles. The minimum Gasteiger partial charge on any atom is -0.454 e. The minimum absolute atomic E-state index is 0.00370. The normalized spacial score (nSPS) is 19.3. The summed E-state index contributed by atoms with van der Waals surface area (Å²) >= 11 is 0. The highest BCUT2D eigenvalue weighted by Gasteiger charge is 2.22. The highest BCUT2D eigenvalue weighted by Crippen LogP contribution is 2.33. The third-order valence-electron chi connectivity index (χ3n) is 6.02. The van der Waals surface area contributed by atoms with E-state index < -0.39 is 0 Å². The van der Waals surface area contributed by atoms with Crippen molar-refractivity contribution in [1.82, 2.24) is 20.0 Å². The number of hydrogen-bond donors (Lipinski definition) is 1. The molecule has 0 aliphatic carbocycles. The lowest BCUT2D eigenvalue weighted by Crippen LogP contribution is -2.51. The Labute approximate surface area is 174 Å². The van der Waals surface area contributed by atoms with E-state index in [-0.39, 0.29) is 12.1 Å². The van der Waals surface area contributed by atoms with Crippen LogP contribution in [0, 0.1) is 0 Å². The third kappa shape index (κ3) is 6.07. The van der Waals surface area contributed by atoms with Crippen LogP contribution in [0.2, 0.25) is 0 Å². The number of nitrogens with zero attached hydrogens (tertiary/aromatic N) is 3. The van der Waals surface area contributed by atoms with E-state index in [2.05, 4.69) is 60.0 Å². The molecule has 1 fully saturated rings. The lowest BCUT2D eigenvalue weighted by Gasteiger charge is -2.35. The summed E-state index contributed by atoms with van der Waals surface area (Å²) in [7, 11) is 2.15. The summed E-state index contributed by atoms with van der Waals surface area (Å²) < 4.78 is 10.9. The van der Waals surface area contributed by atoms with E-state index in [1.54, 1.807) is 0 Å². The number of piperazine rings is 1. The molecule has 162 valence electrons. The Hall–Kier alpha value is -1.83. The van der Waals surface area contributed by atoms with Gasteiger partial charge in [0, 0.05) is 45.2 Å². The minimum atomic E-state index is 0.00370. The second-order valence-electron chi connectivity index (χ2n) is 8.21. The van der Waals surface area contributed by atoms with Gasteiger partial charge in [-0.05, 0) is 51.6 Å². The first-order chi connectivity index (χ1) is 14.0. The fraction of sp³-hybridized carbons (Fsp3) is 0.682. The van der Waals surface area contributed by atoms with Gasteiger partial charge >= 0.3 is 0 Å². The number of nitrogens with one attached hydrogen (secondary N) is 1. The molecule has 3 rings (SSSR count). The molecule has 2 aliphatic rings. The van der Waals surface area contributed by atoms with Gasteiger partial charge in [-0.2, -0.15) is 0 Å². The van der Waals surface area contributed by atoms with Gasteiger partial charge in [-0.1, -0.05) is 13.0 Å². The molecule has 0 radical (unpaired) electrons. The van der Waals surface area contributed by atoms with Crippen LogP contribution in [-0.2, 0) is 11.2 Å². The van der Waals surface area contributed by atoms with Crippen molar-refractivity contribution < 1.29 is 14.3 Å². The number of carbonyl (C=O) groups excluding carboxylic acids is 1. The summed E-state index contributed by atoms with van der Waals surface area (Å²) in [6, 6.07) is 6.43. The van der Waals surface area contributed by atoms with Crippen LogP contribution in [0.5, 0.6) is 11.5 Å². The zero-order valence-electron chi connectivity index (χ0n) is 18.3. The van der Waals surface area contributed by atoms with Gasteiger partial charge in [0.15, 0.2) is 11.5 Å². The first-order valence-corrected chi connectivity index (χ1v) is 10.8. The van der Waals surface area contributed by atoms with Crippen molar-refractivity contribution in [1.29, 1.82) is 0 Å². The maximum atomic E-state index is 12.5. The molecule has 1 saturated heterocycles. The Bertz CT molecular complexity index is 676. The summed E-state index contributed by atoms with van der Waals surface area (Å²) in [6.45, 7) is 12.7. The van der Waals surface area contributed by atoms with Gasteiger partial charge in [0.1, 0.15) is 0 Å². The Kier molecular flexibility index (Phi) is 7.75. The summed E-state index contributed by atoms with van der Waals surface area (Å²) in [5.74, 6) is 1.77. The topological polar surface area (TPSA) is 57.3 Å². The molecule has 0 spiro atoms. The molecule has 1 aromatic rings. The molecule has 1 N–H and O–H groups in total. The van der Waals surface area contributed by atoms with Gasteiger partial charge < -0.3 is 24.6 Å². The van der Waals surface area contributed by atoms with Crippen molar-refractivity contribution in [2.45, 2.75) is 45.8 Å². The predicted molar refractivity (Wildman–Crippen MR) is 114 cm³/mol. The summed E-state index contributed by atoms with van der Waals surface area (Å²) in [5, 5.41) is 3.19. The standard InChI is InChI=1S/C22H36N4O3/c1-5-26(17(2)14-19-6-7-20-21(15-19)29-16-28-20)18(3)23-22(27)8-9-25-12-10-24(4)11-13-25/h6-7,15,17-18H,5,8-14,16H2,1-4H3,(H,23,27). The quantitative estimate of drug-likeness (QED) is 0.633. The van der Waals surface area contributed by atoms with Gasteiger partial charge in [0.05, 0.1) is 6.17 Å². The smallest absolute Gasteiger partial charge is 0.231 e. The number of carbonyl (C=O) groups is 1. The van der Waals surface area contributed by atoms with Crippen LogP contribution in [0.4, 0.5) is 0 Å². The first-order valence-electron chi connectivity index (χ1n) is 10.8. The third-order valence-corrected chi connectivity index (χ3v) is 6.02. The first kappa shape index (κ1) is 21.9. The van der Waals surface area contributed by atoms with Gasteiger partial charge in [-0.25, -0.2) is 0 Å². The average molecular weight is 405 g/mol. The largest absolute Gasteiger partial charge is 0.454 e. The van der Waals surface area contributed by atoms with Crippen molar-refractivity contribution >= 4 is 5.91 Å². The fourth-order valence-electron chi connectivity index (χ4n) is 4.21. The van der Waals surface area contributed by atoms with E-state index in [4.69, 9.17) is 9.47 Å². The van der Waals surface area contributed by atoms with Crippen LogP contribution in [0.3, 0.4) is 0 Å². The predicted octanol–water partition coefficient (Wildman–Crippen LogP) is 1.77. The maximum absolute atomic E-state index is 12.5. The second kappa shape index (κ2) is 10.3. The highest BCUT2D eigenvalue weighted by molar-refractivity contribution is 5.76. The lowest BCUT2D eigenvalue weighted by atomic mass is 10.0. The van der Waals surface area contributed by atoms with E-state index in [9.17, 15) is 4.79 Å². The van der Waals surface area contributed by atoms with Crippen LogP contribution >= 0.6 is 0 Å². The lowest BCUT2D eigenvalue weighted by molar-refractivity contribution is -0.123. The molecule has 29 heavy (non-hydrogen) atoms. The summed E-state index contributed by atoms with van der Waals surface area (Å²) in [4.78, 5) is 19.5. The Morgan fingerprint density at radius 2 is 1.90 bits per heavy atom. The van der Waals surface area contributed by atoms with Crippen LogP contribution in [0.15, 0.2) is 18.2 Å². The zero-order valence-corrected chi connectivity index (χ0v) is 18.3. The molecule has 2 atom stereocenters. The molecule has 0 bridgehead atoms. The van der Waals surface area contributed by atoms with E-state index in [0.717, 1.165) is 57.2 Å². The molecule has 1 aromatic carbocycles. The van der Waals surface area contributed by atoms with Gasteiger partial charge in [0.25, 0.3) is 0 Å². The van der Waals surface area contributed by atoms with Crippen molar-refractivity contribution in [3.8, 4) is 11.5 Å². The molecular weight excluding hydrogens is 368 g/mol. The van der Waals surface area contributed by atoms with Crippen molar-refractivity contribution in [2.75, 3.05) is 53.1 Å².